The molecule has 8 nitrogen and oxygen atoms in total. The van der Waals surface area contributed by atoms with Crippen LogP contribution in [0.5, 0.6) is 0 Å². The number of nitrogen functional groups attached to an aromatic ring is 1. The van der Waals surface area contributed by atoms with E-state index < -0.39 is 6.04 Å². The summed E-state index contributed by atoms with van der Waals surface area (Å²) in [6.45, 7) is 0.584. The maximum Gasteiger partial charge on any atom is 0.328 e. The monoisotopic (exact) mass is 253 g/mol. The number of amides is 1. The SMILES string of the molecule is COC(=O)C1CCCN1C(=O)Cn1cc(N)nn1. The van der Waals surface area contributed by atoms with E-state index in [1.165, 1.54) is 22.9 Å². The third-order valence-electron chi connectivity index (χ3n) is 2.90. The fraction of sp³-hybridized carbons (Fsp3) is 0.600. The summed E-state index contributed by atoms with van der Waals surface area (Å²) in [5.41, 5.74) is 5.41. The Morgan fingerprint density at radius 1 is 1.61 bits per heavy atom. The molecule has 1 saturated heterocycles. The molecule has 18 heavy (non-hydrogen) atoms. The molecule has 0 aromatic carbocycles. The van der Waals surface area contributed by atoms with Gasteiger partial charge in [0.25, 0.3) is 0 Å². The lowest BCUT2D eigenvalue weighted by molar-refractivity contribution is -0.151. The molecule has 0 radical (unpaired) electrons. The number of nitrogens with two attached hydrogens (primary N) is 1. The molecule has 1 aromatic heterocycles. The van der Waals surface area contributed by atoms with E-state index in [0.717, 1.165) is 6.42 Å². The highest BCUT2D eigenvalue weighted by Gasteiger charge is 2.34. The quantitative estimate of drug-likeness (QED) is 0.695. The average molecular weight is 253 g/mol. The Morgan fingerprint density at radius 3 is 3.00 bits per heavy atom. The standard InChI is InChI=1S/C10H15N5O3/c1-18-10(17)7-3-2-4-15(7)9(16)6-14-5-8(11)12-13-14/h5,7H,2-4,6,11H2,1H3. The second-order valence-electron chi connectivity index (χ2n) is 4.11. The lowest BCUT2D eigenvalue weighted by atomic mass is 10.2. The zero-order valence-electron chi connectivity index (χ0n) is 10.1. The van der Waals surface area contributed by atoms with Crippen LogP contribution < -0.4 is 5.73 Å². The number of anilines is 1. The predicted molar refractivity (Wildman–Crippen MR) is 61.2 cm³/mol. The first-order valence-corrected chi connectivity index (χ1v) is 5.64. The summed E-state index contributed by atoms with van der Waals surface area (Å²) in [6, 6.07) is -0.483. The number of carbonyl (C=O) groups is 2. The summed E-state index contributed by atoms with van der Waals surface area (Å²) >= 11 is 0. The van der Waals surface area contributed by atoms with Crippen molar-refractivity contribution in [3.8, 4) is 0 Å². The number of methoxy groups -OCH3 is 1. The van der Waals surface area contributed by atoms with Crippen LogP contribution in [0.2, 0.25) is 0 Å². The summed E-state index contributed by atoms with van der Waals surface area (Å²) in [5, 5.41) is 7.29. The Balaban J connectivity index is 2.02. The maximum absolute atomic E-state index is 12.0. The predicted octanol–water partition coefficient (Wildman–Crippen LogP) is -0.976. The minimum absolute atomic E-state index is 0.0255. The molecule has 1 amide bonds. The third kappa shape index (κ3) is 2.41. The van der Waals surface area contributed by atoms with E-state index in [1.807, 2.05) is 0 Å². The first-order valence-electron chi connectivity index (χ1n) is 5.64. The highest BCUT2D eigenvalue weighted by Crippen LogP contribution is 2.18. The fourth-order valence-electron chi connectivity index (χ4n) is 2.07. The van der Waals surface area contributed by atoms with Crippen molar-refractivity contribution in [2.45, 2.75) is 25.4 Å². The zero-order chi connectivity index (χ0) is 13.1. The van der Waals surface area contributed by atoms with E-state index in [2.05, 4.69) is 15.0 Å². The molecule has 1 fully saturated rings. The normalized spacial score (nSPS) is 18.9. The van der Waals surface area contributed by atoms with Crippen LogP contribution in [-0.2, 0) is 20.9 Å². The van der Waals surface area contributed by atoms with Crippen molar-refractivity contribution < 1.29 is 14.3 Å². The topological polar surface area (TPSA) is 103 Å². The van der Waals surface area contributed by atoms with Gasteiger partial charge in [-0.05, 0) is 12.8 Å². The number of likely N-dealkylation sites (tertiary alicyclic amines) is 1. The number of nitrogens with zero attached hydrogens (tertiary/aromatic N) is 4. The number of hydrogen-bond acceptors (Lipinski definition) is 6. The molecule has 2 heterocycles. The van der Waals surface area contributed by atoms with Gasteiger partial charge in [0.15, 0.2) is 5.82 Å². The van der Waals surface area contributed by atoms with E-state index >= 15 is 0 Å². The van der Waals surface area contributed by atoms with Gasteiger partial charge in [-0.25, -0.2) is 9.48 Å². The summed E-state index contributed by atoms with van der Waals surface area (Å²) in [4.78, 5) is 25.1. The highest BCUT2D eigenvalue weighted by molar-refractivity contribution is 5.85. The van der Waals surface area contributed by atoms with Crippen LogP contribution in [-0.4, -0.2) is 51.5 Å². The van der Waals surface area contributed by atoms with Crippen LogP contribution in [0, 0.1) is 0 Å². The Kier molecular flexibility index (Phi) is 3.45. The van der Waals surface area contributed by atoms with Gasteiger partial charge >= 0.3 is 5.97 Å². The molecular weight excluding hydrogens is 238 g/mol. The van der Waals surface area contributed by atoms with Crippen LogP contribution in [0.1, 0.15) is 12.8 Å². The van der Waals surface area contributed by atoms with Crippen molar-refractivity contribution in [2.75, 3.05) is 19.4 Å². The van der Waals surface area contributed by atoms with Crippen molar-refractivity contribution in [3.05, 3.63) is 6.20 Å². The minimum atomic E-state index is -0.483. The summed E-state index contributed by atoms with van der Waals surface area (Å²) in [6.07, 6.45) is 2.91. The number of aromatic nitrogens is 3. The van der Waals surface area contributed by atoms with Crippen molar-refractivity contribution in [2.24, 2.45) is 0 Å². The molecule has 0 spiro atoms. The molecule has 8 heteroatoms. The first kappa shape index (κ1) is 12.3. The maximum atomic E-state index is 12.0. The van der Waals surface area contributed by atoms with Crippen LogP contribution in [0.4, 0.5) is 5.82 Å². The summed E-state index contributed by atoms with van der Waals surface area (Å²) in [5.74, 6) is -0.305. The Morgan fingerprint density at radius 2 is 2.39 bits per heavy atom. The van der Waals surface area contributed by atoms with Gasteiger partial charge in [-0.3, -0.25) is 4.79 Å². The lowest BCUT2D eigenvalue weighted by Crippen LogP contribution is -2.42. The van der Waals surface area contributed by atoms with Gasteiger partial charge in [0, 0.05) is 6.54 Å². The Hall–Kier alpha value is -2.12. The van der Waals surface area contributed by atoms with E-state index in [0.29, 0.717) is 13.0 Å². The molecule has 1 atom stereocenters. The molecular formula is C10H15N5O3. The van der Waals surface area contributed by atoms with Crippen molar-refractivity contribution >= 4 is 17.7 Å². The number of carbonyl (C=O) groups excluding carboxylic acids is 2. The van der Waals surface area contributed by atoms with Gasteiger partial charge in [-0.1, -0.05) is 5.21 Å². The van der Waals surface area contributed by atoms with Gasteiger partial charge in [0.05, 0.1) is 13.3 Å². The lowest BCUT2D eigenvalue weighted by Gasteiger charge is -2.22. The number of ether oxygens (including phenoxy) is 1. The molecule has 98 valence electrons. The van der Waals surface area contributed by atoms with Gasteiger partial charge in [-0.2, -0.15) is 0 Å². The van der Waals surface area contributed by atoms with Crippen molar-refractivity contribution in [1.82, 2.24) is 19.9 Å². The second-order valence-corrected chi connectivity index (χ2v) is 4.11. The molecule has 1 aliphatic heterocycles. The second kappa shape index (κ2) is 5.03. The molecule has 0 aliphatic carbocycles. The molecule has 0 saturated carbocycles. The van der Waals surface area contributed by atoms with Gasteiger partial charge in [0.1, 0.15) is 12.6 Å². The third-order valence-corrected chi connectivity index (χ3v) is 2.90. The van der Waals surface area contributed by atoms with Gasteiger partial charge < -0.3 is 15.4 Å². The number of hydrogen-bond donors (Lipinski definition) is 1. The highest BCUT2D eigenvalue weighted by atomic mass is 16.5. The Labute approximate surface area is 104 Å². The number of esters is 1. The molecule has 2 N–H and O–H groups in total. The van der Waals surface area contributed by atoms with Crippen LogP contribution in [0.15, 0.2) is 6.20 Å². The van der Waals surface area contributed by atoms with E-state index in [-0.39, 0.29) is 24.2 Å². The van der Waals surface area contributed by atoms with E-state index in [1.54, 1.807) is 0 Å². The summed E-state index contributed by atoms with van der Waals surface area (Å²) in [7, 11) is 1.32. The average Bonchev–Trinajstić information content (AvgIpc) is 2.97. The molecule has 1 aliphatic rings. The van der Waals surface area contributed by atoms with Crippen LogP contribution >= 0.6 is 0 Å². The largest absolute Gasteiger partial charge is 0.467 e. The molecule has 0 bridgehead atoms. The van der Waals surface area contributed by atoms with Gasteiger partial charge in [-0.15, -0.1) is 5.10 Å². The molecule has 1 unspecified atom stereocenters. The van der Waals surface area contributed by atoms with Crippen LogP contribution in [0.25, 0.3) is 0 Å². The molecule has 2 rings (SSSR count). The first-order chi connectivity index (χ1) is 8.61. The fourth-order valence-corrected chi connectivity index (χ4v) is 2.07. The van der Waals surface area contributed by atoms with Crippen LogP contribution in [0.3, 0.4) is 0 Å². The number of rotatable bonds is 3. The smallest absolute Gasteiger partial charge is 0.328 e. The zero-order valence-corrected chi connectivity index (χ0v) is 10.1. The van der Waals surface area contributed by atoms with Crippen molar-refractivity contribution in [1.29, 1.82) is 0 Å². The van der Waals surface area contributed by atoms with Crippen molar-refractivity contribution in [3.63, 3.8) is 0 Å². The van der Waals surface area contributed by atoms with Gasteiger partial charge in [0.2, 0.25) is 5.91 Å². The summed E-state index contributed by atoms with van der Waals surface area (Å²) < 4.78 is 6.03. The van der Waals surface area contributed by atoms with E-state index in [4.69, 9.17) is 5.73 Å². The molecule has 1 aromatic rings. The minimum Gasteiger partial charge on any atom is -0.467 e. The van der Waals surface area contributed by atoms with E-state index in [9.17, 15) is 9.59 Å². The Bertz CT molecular complexity index is 458.